The van der Waals surface area contributed by atoms with Gasteiger partial charge in [0.05, 0.1) is 0 Å². The summed E-state index contributed by atoms with van der Waals surface area (Å²) in [7, 11) is 0. The number of hydrogen-bond acceptors (Lipinski definition) is 2. The van der Waals surface area contributed by atoms with Gasteiger partial charge >= 0.3 is 0 Å². The second kappa shape index (κ2) is 6.23. The quantitative estimate of drug-likeness (QED) is 0.806. The monoisotopic (exact) mass is 246 g/mol. The Morgan fingerprint density at radius 3 is 2.81 bits per heavy atom. The molecule has 2 saturated heterocycles. The zero-order valence-corrected chi connectivity index (χ0v) is 11.6. The van der Waals surface area contributed by atoms with E-state index < -0.39 is 0 Å². The van der Waals surface area contributed by atoms with Crippen molar-refractivity contribution >= 4 is 12.4 Å². The fourth-order valence-corrected chi connectivity index (χ4v) is 3.06. The molecule has 0 aliphatic carbocycles. The maximum atomic E-state index is 3.51. The Hall–Kier alpha value is 0.210. The van der Waals surface area contributed by atoms with E-state index >= 15 is 0 Å². The Kier molecular flexibility index (Phi) is 5.55. The molecular weight excluding hydrogens is 220 g/mol. The van der Waals surface area contributed by atoms with Gasteiger partial charge in [-0.3, -0.25) is 0 Å². The van der Waals surface area contributed by atoms with E-state index in [0.29, 0.717) is 5.41 Å². The lowest BCUT2D eigenvalue weighted by atomic mass is 9.88. The van der Waals surface area contributed by atoms with Gasteiger partial charge in [0.15, 0.2) is 0 Å². The van der Waals surface area contributed by atoms with Crippen LogP contribution in [0.15, 0.2) is 0 Å². The Labute approximate surface area is 107 Å². The van der Waals surface area contributed by atoms with Gasteiger partial charge in [0.1, 0.15) is 0 Å². The molecule has 0 amide bonds. The zero-order valence-electron chi connectivity index (χ0n) is 10.8. The van der Waals surface area contributed by atoms with Gasteiger partial charge in [0, 0.05) is 19.1 Å². The number of rotatable bonds is 2. The molecule has 0 bridgehead atoms. The molecule has 0 aromatic carbocycles. The fourth-order valence-electron chi connectivity index (χ4n) is 3.06. The summed E-state index contributed by atoms with van der Waals surface area (Å²) >= 11 is 0. The van der Waals surface area contributed by atoms with Gasteiger partial charge < -0.3 is 10.2 Å². The van der Waals surface area contributed by atoms with Crippen molar-refractivity contribution in [3.63, 3.8) is 0 Å². The van der Waals surface area contributed by atoms with Gasteiger partial charge in [-0.2, -0.15) is 0 Å². The maximum Gasteiger partial charge on any atom is 0.00671 e. The lowest BCUT2D eigenvalue weighted by Gasteiger charge is -2.35. The molecule has 2 fully saturated rings. The topological polar surface area (TPSA) is 15.3 Å². The number of nitrogens with zero attached hydrogens (tertiary/aromatic N) is 1. The largest absolute Gasteiger partial charge is 0.316 e. The number of halogens is 1. The predicted octanol–water partition coefficient (Wildman–Crippen LogP) is 2.67. The summed E-state index contributed by atoms with van der Waals surface area (Å²) in [6.45, 7) is 9.94. The number of hydrogen-bond donors (Lipinski definition) is 1. The van der Waals surface area contributed by atoms with Crippen molar-refractivity contribution in [3.8, 4) is 0 Å². The number of nitrogens with one attached hydrogen (secondary N) is 1. The lowest BCUT2D eigenvalue weighted by molar-refractivity contribution is 0.139. The SMILES string of the molecule is CC1CCCCCN1CC1(C)CCNC1.Cl. The molecule has 0 aromatic rings. The Morgan fingerprint density at radius 1 is 1.31 bits per heavy atom. The van der Waals surface area contributed by atoms with Gasteiger partial charge in [-0.25, -0.2) is 0 Å². The molecule has 0 spiro atoms. The van der Waals surface area contributed by atoms with E-state index in [1.807, 2.05) is 0 Å². The van der Waals surface area contributed by atoms with Crippen molar-refractivity contribution in [2.75, 3.05) is 26.2 Å². The van der Waals surface area contributed by atoms with Gasteiger partial charge in [-0.05, 0) is 44.7 Å². The fraction of sp³-hybridized carbons (Fsp3) is 1.00. The molecule has 2 heterocycles. The van der Waals surface area contributed by atoms with Crippen LogP contribution in [0.3, 0.4) is 0 Å². The third kappa shape index (κ3) is 3.61. The van der Waals surface area contributed by atoms with Crippen LogP contribution in [0.1, 0.15) is 46.0 Å². The van der Waals surface area contributed by atoms with Crippen LogP contribution in [0, 0.1) is 5.41 Å². The van der Waals surface area contributed by atoms with Crippen molar-refractivity contribution < 1.29 is 0 Å². The average Bonchev–Trinajstić information content (AvgIpc) is 2.53. The first-order valence-electron chi connectivity index (χ1n) is 6.64. The maximum absolute atomic E-state index is 3.51. The van der Waals surface area contributed by atoms with Crippen molar-refractivity contribution in [3.05, 3.63) is 0 Å². The van der Waals surface area contributed by atoms with Crippen LogP contribution in [0.4, 0.5) is 0 Å². The molecule has 2 nitrogen and oxygen atoms in total. The van der Waals surface area contributed by atoms with Gasteiger partial charge in [-0.1, -0.05) is 19.8 Å². The second-order valence-electron chi connectivity index (χ2n) is 5.91. The molecule has 0 radical (unpaired) electrons. The molecule has 0 aromatic heterocycles. The first-order valence-corrected chi connectivity index (χ1v) is 6.64. The van der Waals surface area contributed by atoms with Gasteiger partial charge in [-0.15, -0.1) is 12.4 Å². The summed E-state index contributed by atoms with van der Waals surface area (Å²) in [6, 6.07) is 0.810. The van der Waals surface area contributed by atoms with E-state index in [0.717, 1.165) is 6.04 Å². The molecule has 2 atom stereocenters. The van der Waals surface area contributed by atoms with E-state index in [-0.39, 0.29) is 12.4 Å². The molecule has 2 unspecified atom stereocenters. The van der Waals surface area contributed by atoms with Crippen molar-refractivity contribution in [2.45, 2.75) is 52.0 Å². The van der Waals surface area contributed by atoms with Crippen LogP contribution in [0.5, 0.6) is 0 Å². The molecule has 16 heavy (non-hydrogen) atoms. The lowest BCUT2D eigenvalue weighted by Crippen LogP contribution is -2.42. The average molecular weight is 247 g/mol. The first-order chi connectivity index (χ1) is 7.20. The van der Waals surface area contributed by atoms with Crippen LogP contribution >= 0.6 is 12.4 Å². The van der Waals surface area contributed by atoms with E-state index in [1.165, 1.54) is 58.3 Å². The first kappa shape index (κ1) is 14.3. The van der Waals surface area contributed by atoms with E-state index in [4.69, 9.17) is 0 Å². The molecule has 96 valence electrons. The van der Waals surface area contributed by atoms with E-state index in [9.17, 15) is 0 Å². The predicted molar refractivity (Wildman–Crippen MR) is 72.3 cm³/mol. The standard InChI is InChI=1S/C13H26N2.ClH/c1-12-6-4-3-5-9-15(12)11-13(2)7-8-14-10-13;/h12,14H,3-11H2,1-2H3;1H. The van der Waals surface area contributed by atoms with Gasteiger partial charge in [0.2, 0.25) is 0 Å². The van der Waals surface area contributed by atoms with Crippen molar-refractivity contribution in [2.24, 2.45) is 5.41 Å². The molecule has 0 saturated carbocycles. The van der Waals surface area contributed by atoms with Crippen LogP contribution in [-0.2, 0) is 0 Å². The summed E-state index contributed by atoms with van der Waals surface area (Å²) in [5.74, 6) is 0. The third-order valence-corrected chi connectivity index (χ3v) is 4.23. The summed E-state index contributed by atoms with van der Waals surface area (Å²) in [5, 5.41) is 3.51. The van der Waals surface area contributed by atoms with Crippen molar-refractivity contribution in [1.29, 1.82) is 0 Å². The molecular formula is C13H27ClN2. The van der Waals surface area contributed by atoms with E-state index in [2.05, 4.69) is 24.1 Å². The summed E-state index contributed by atoms with van der Waals surface area (Å²) in [5.41, 5.74) is 0.540. The summed E-state index contributed by atoms with van der Waals surface area (Å²) in [4.78, 5) is 2.74. The van der Waals surface area contributed by atoms with Crippen LogP contribution in [0.25, 0.3) is 0 Å². The highest BCUT2D eigenvalue weighted by atomic mass is 35.5. The molecule has 2 rings (SSSR count). The highest BCUT2D eigenvalue weighted by Gasteiger charge is 2.32. The highest BCUT2D eigenvalue weighted by Crippen LogP contribution is 2.28. The minimum absolute atomic E-state index is 0. The minimum Gasteiger partial charge on any atom is -0.316 e. The van der Waals surface area contributed by atoms with Crippen LogP contribution < -0.4 is 5.32 Å². The normalized spacial score (nSPS) is 36.8. The second-order valence-corrected chi connectivity index (χ2v) is 5.91. The smallest absolute Gasteiger partial charge is 0.00671 e. The molecule has 1 N–H and O–H groups in total. The van der Waals surface area contributed by atoms with Crippen molar-refractivity contribution in [1.82, 2.24) is 10.2 Å². The van der Waals surface area contributed by atoms with Crippen LogP contribution in [-0.4, -0.2) is 37.1 Å². The Bertz CT molecular complexity index is 202. The van der Waals surface area contributed by atoms with Gasteiger partial charge in [0.25, 0.3) is 0 Å². The molecule has 2 aliphatic rings. The molecule has 2 aliphatic heterocycles. The Balaban J connectivity index is 0.00000128. The highest BCUT2D eigenvalue weighted by molar-refractivity contribution is 5.85. The Morgan fingerprint density at radius 2 is 2.12 bits per heavy atom. The summed E-state index contributed by atoms with van der Waals surface area (Å²) < 4.78 is 0. The van der Waals surface area contributed by atoms with E-state index in [1.54, 1.807) is 0 Å². The van der Waals surface area contributed by atoms with Crippen LogP contribution in [0.2, 0.25) is 0 Å². The third-order valence-electron chi connectivity index (χ3n) is 4.23. The minimum atomic E-state index is 0. The molecule has 3 heteroatoms. The number of likely N-dealkylation sites (tertiary alicyclic amines) is 1. The summed E-state index contributed by atoms with van der Waals surface area (Å²) in [6.07, 6.45) is 7.05. The zero-order chi connectivity index (χ0) is 10.7.